The Morgan fingerprint density at radius 1 is 1.37 bits per heavy atom. The first-order chi connectivity index (χ1) is 14.1. The van der Waals surface area contributed by atoms with Crippen LogP contribution in [-0.4, -0.2) is 32.5 Å². The van der Waals surface area contributed by atoms with Gasteiger partial charge < -0.3 is 24.7 Å². The lowest BCUT2D eigenvalue weighted by Gasteiger charge is -2.27. The van der Waals surface area contributed by atoms with Gasteiger partial charge in [-0.3, -0.25) is 0 Å². The molecule has 1 aromatic rings. The number of hydrogen-bond donors (Lipinski definition) is 1. The molecular weight excluding hydrogens is 405 g/mol. The highest BCUT2D eigenvalue weighted by atomic mass is 19.4. The Bertz CT molecular complexity index is 916. The van der Waals surface area contributed by atoms with Crippen molar-refractivity contribution in [1.82, 2.24) is 0 Å². The lowest BCUT2D eigenvalue weighted by molar-refractivity contribution is -0.176. The van der Waals surface area contributed by atoms with Gasteiger partial charge in [-0.1, -0.05) is 6.07 Å². The van der Waals surface area contributed by atoms with E-state index in [9.17, 15) is 23.2 Å². The second kappa shape index (κ2) is 9.54. The number of carbonyl (C=O) groups is 1. The molecule has 30 heavy (non-hydrogen) atoms. The summed E-state index contributed by atoms with van der Waals surface area (Å²) >= 11 is 0. The van der Waals surface area contributed by atoms with Crippen molar-refractivity contribution in [2.45, 2.75) is 32.5 Å². The normalized spacial score (nSPS) is 16.8. The summed E-state index contributed by atoms with van der Waals surface area (Å²) in [4.78, 5) is 12.5. The zero-order valence-corrected chi connectivity index (χ0v) is 16.6. The van der Waals surface area contributed by atoms with Gasteiger partial charge in [-0.2, -0.15) is 18.4 Å². The molecule has 162 valence electrons. The van der Waals surface area contributed by atoms with E-state index < -0.39 is 31.3 Å². The summed E-state index contributed by atoms with van der Waals surface area (Å²) in [6.07, 6.45) is -4.48. The summed E-state index contributed by atoms with van der Waals surface area (Å²) < 4.78 is 57.6. The van der Waals surface area contributed by atoms with Crippen molar-refractivity contribution in [3.05, 3.63) is 52.1 Å². The smallest absolute Gasteiger partial charge is 0.411 e. The number of nitrogens with zero attached hydrogens (tertiary/aromatic N) is 1. The summed E-state index contributed by atoms with van der Waals surface area (Å²) in [6, 6.07) is 6.54. The van der Waals surface area contributed by atoms with Gasteiger partial charge in [-0.25, -0.2) is 4.79 Å². The minimum Gasteiger partial charge on any atom is -0.496 e. The maximum absolute atomic E-state index is 12.5. The molecule has 1 heterocycles. The molecular formula is C20H21F3N2O5. The topological polar surface area (TPSA) is 104 Å². The van der Waals surface area contributed by atoms with Crippen LogP contribution in [0.2, 0.25) is 0 Å². The Kier molecular flexibility index (Phi) is 7.34. The molecule has 0 aromatic heterocycles. The molecule has 10 heteroatoms. The molecule has 1 aromatic carbocycles. The maximum Gasteiger partial charge on any atom is 0.411 e. The van der Waals surface area contributed by atoms with E-state index >= 15 is 0 Å². The van der Waals surface area contributed by atoms with Crippen molar-refractivity contribution in [2.75, 3.05) is 20.3 Å². The lowest BCUT2D eigenvalue weighted by Crippen LogP contribution is -2.25. The number of carbonyl (C=O) groups excluding carboxylic acids is 1. The number of ether oxygens (including phenoxy) is 4. The van der Waals surface area contributed by atoms with Crippen LogP contribution in [0.5, 0.6) is 5.75 Å². The van der Waals surface area contributed by atoms with E-state index in [2.05, 4.69) is 0 Å². The number of nitriles is 1. The molecule has 0 unspecified atom stereocenters. The highest BCUT2D eigenvalue weighted by molar-refractivity contribution is 5.92. The van der Waals surface area contributed by atoms with E-state index in [-0.39, 0.29) is 29.4 Å². The van der Waals surface area contributed by atoms with E-state index in [1.165, 1.54) is 26.2 Å². The van der Waals surface area contributed by atoms with Gasteiger partial charge in [-0.05, 0) is 31.5 Å². The van der Waals surface area contributed by atoms with Crippen LogP contribution in [0, 0.1) is 11.3 Å². The first-order valence-corrected chi connectivity index (χ1v) is 8.89. The van der Waals surface area contributed by atoms with Gasteiger partial charge in [0.2, 0.25) is 5.88 Å². The van der Waals surface area contributed by atoms with E-state index in [1.807, 2.05) is 6.07 Å². The third kappa shape index (κ3) is 5.24. The van der Waals surface area contributed by atoms with E-state index in [4.69, 9.17) is 24.7 Å². The van der Waals surface area contributed by atoms with E-state index in [1.54, 1.807) is 13.0 Å². The maximum atomic E-state index is 12.5. The molecule has 7 nitrogen and oxygen atoms in total. The number of nitrogens with two attached hydrogens (primary N) is 1. The largest absolute Gasteiger partial charge is 0.496 e. The summed E-state index contributed by atoms with van der Waals surface area (Å²) in [5, 5.41) is 9.59. The summed E-state index contributed by atoms with van der Waals surface area (Å²) in [5.74, 6) is -1.32. The Labute approximate surface area is 171 Å². The Balaban J connectivity index is 2.51. The fraction of sp³-hybridized carbons (Fsp3) is 0.400. The quantitative estimate of drug-likeness (QED) is 0.666. The fourth-order valence-corrected chi connectivity index (χ4v) is 3.06. The molecule has 0 amide bonds. The summed E-state index contributed by atoms with van der Waals surface area (Å²) in [5.41, 5.74) is 6.63. The van der Waals surface area contributed by atoms with Gasteiger partial charge in [-0.15, -0.1) is 0 Å². The SMILES string of the molecule is CCOC(=O)C1=C(C)OC(N)=C(C#N)[C@H]1c1ccc(OC)c(COCC(F)(F)F)c1. The molecule has 0 radical (unpaired) electrons. The van der Waals surface area contributed by atoms with Crippen LogP contribution in [0.25, 0.3) is 0 Å². The van der Waals surface area contributed by atoms with Crippen molar-refractivity contribution in [3.63, 3.8) is 0 Å². The van der Waals surface area contributed by atoms with Gasteiger partial charge in [0.25, 0.3) is 0 Å². The molecule has 0 aliphatic carbocycles. The van der Waals surface area contributed by atoms with E-state index in [0.29, 0.717) is 16.9 Å². The Hall–Kier alpha value is -3.19. The van der Waals surface area contributed by atoms with Crippen molar-refractivity contribution in [1.29, 1.82) is 5.26 Å². The first kappa shape index (κ1) is 23.1. The Morgan fingerprint density at radius 3 is 2.63 bits per heavy atom. The van der Waals surface area contributed by atoms with Crippen LogP contribution in [0.1, 0.15) is 30.9 Å². The Morgan fingerprint density at radius 2 is 2.07 bits per heavy atom. The molecule has 0 spiro atoms. The minimum absolute atomic E-state index is 0.0176. The highest BCUT2D eigenvalue weighted by Gasteiger charge is 2.36. The zero-order valence-electron chi connectivity index (χ0n) is 16.6. The standard InChI is InChI=1S/C20H21F3N2O5/c1-4-29-19(26)16-11(2)30-18(25)14(8-24)17(16)12-5-6-15(27-3)13(7-12)9-28-10-20(21,22)23/h5-7,17H,4,9-10,25H2,1-3H3/t17-/m1/s1. The average molecular weight is 426 g/mol. The second-order valence-electron chi connectivity index (χ2n) is 6.29. The molecule has 0 bridgehead atoms. The minimum atomic E-state index is -4.48. The number of hydrogen-bond acceptors (Lipinski definition) is 7. The van der Waals surface area contributed by atoms with Gasteiger partial charge in [0.1, 0.15) is 29.8 Å². The number of halogens is 3. The van der Waals surface area contributed by atoms with Gasteiger partial charge in [0.05, 0.1) is 31.8 Å². The zero-order chi connectivity index (χ0) is 22.5. The number of methoxy groups -OCH3 is 1. The average Bonchev–Trinajstić information content (AvgIpc) is 2.66. The second-order valence-corrected chi connectivity index (χ2v) is 6.29. The molecule has 2 rings (SSSR count). The van der Waals surface area contributed by atoms with Crippen LogP contribution < -0.4 is 10.5 Å². The molecule has 0 saturated heterocycles. The van der Waals surface area contributed by atoms with Gasteiger partial charge >= 0.3 is 12.1 Å². The van der Waals surface area contributed by atoms with Gasteiger partial charge in [0, 0.05) is 5.56 Å². The molecule has 1 aliphatic heterocycles. The third-order valence-electron chi connectivity index (χ3n) is 4.26. The number of allylic oxidation sites excluding steroid dienone is 2. The van der Waals surface area contributed by atoms with Crippen LogP contribution in [0.3, 0.4) is 0 Å². The van der Waals surface area contributed by atoms with Crippen LogP contribution in [0.15, 0.2) is 41.0 Å². The number of benzene rings is 1. The molecule has 2 N–H and O–H groups in total. The summed E-state index contributed by atoms with van der Waals surface area (Å²) in [7, 11) is 1.36. The predicted molar refractivity (Wildman–Crippen MR) is 98.7 cm³/mol. The number of esters is 1. The third-order valence-corrected chi connectivity index (χ3v) is 4.26. The molecule has 1 aliphatic rings. The summed E-state index contributed by atoms with van der Waals surface area (Å²) in [6.45, 7) is 1.42. The monoisotopic (exact) mass is 426 g/mol. The highest BCUT2D eigenvalue weighted by Crippen LogP contribution is 2.40. The molecule has 0 fully saturated rings. The first-order valence-electron chi connectivity index (χ1n) is 8.89. The fourth-order valence-electron chi connectivity index (χ4n) is 3.06. The van der Waals surface area contributed by atoms with Crippen molar-refractivity contribution in [2.24, 2.45) is 5.73 Å². The van der Waals surface area contributed by atoms with Crippen LogP contribution in [-0.2, 0) is 25.6 Å². The van der Waals surface area contributed by atoms with Crippen LogP contribution >= 0.6 is 0 Å². The predicted octanol–water partition coefficient (Wildman–Crippen LogP) is 3.42. The van der Waals surface area contributed by atoms with Crippen molar-refractivity contribution < 1.29 is 36.9 Å². The molecule has 0 saturated carbocycles. The van der Waals surface area contributed by atoms with Crippen molar-refractivity contribution in [3.8, 4) is 11.8 Å². The van der Waals surface area contributed by atoms with E-state index in [0.717, 1.165) is 0 Å². The van der Waals surface area contributed by atoms with Crippen molar-refractivity contribution >= 4 is 5.97 Å². The van der Waals surface area contributed by atoms with Gasteiger partial charge in [0.15, 0.2) is 0 Å². The number of alkyl halides is 3. The lowest BCUT2D eigenvalue weighted by atomic mass is 9.82. The number of rotatable bonds is 7. The molecule has 1 atom stereocenters. The van der Waals surface area contributed by atoms with Crippen LogP contribution in [0.4, 0.5) is 13.2 Å².